The number of para-hydroxylation sites is 1. The van der Waals surface area contributed by atoms with Crippen LogP contribution >= 0.6 is 0 Å². The summed E-state index contributed by atoms with van der Waals surface area (Å²) in [6.07, 6.45) is 0.336. The van der Waals surface area contributed by atoms with Gasteiger partial charge in [0.05, 0.1) is 6.42 Å². The van der Waals surface area contributed by atoms with Crippen molar-refractivity contribution >= 4 is 28.5 Å². The van der Waals surface area contributed by atoms with Crippen molar-refractivity contribution in [1.82, 2.24) is 4.90 Å². The third kappa shape index (κ3) is 3.47. The van der Waals surface area contributed by atoms with E-state index in [0.29, 0.717) is 17.9 Å². The SMILES string of the molecule is Cc1c(C(=O)Nc2ccc(CC(=O)N(C)C)cc2)oc2c(C)cccc12. The van der Waals surface area contributed by atoms with Crippen molar-refractivity contribution in [3.63, 3.8) is 0 Å². The number of benzene rings is 2. The summed E-state index contributed by atoms with van der Waals surface area (Å²) in [6, 6.07) is 13.1. The van der Waals surface area contributed by atoms with E-state index in [1.54, 1.807) is 31.1 Å². The molecule has 3 rings (SSSR count). The Morgan fingerprint density at radius 2 is 1.73 bits per heavy atom. The third-order valence-electron chi connectivity index (χ3n) is 4.43. The molecule has 0 radical (unpaired) electrons. The van der Waals surface area contributed by atoms with Crippen molar-refractivity contribution < 1.29 is 14.0 Å². The molecule has 0 aliphatic rings. The molecule has 0 unspecified atom stereocenters. The fourth-order valence-electron chi connectivity index (χ4n) is 2.83. The number of likely N-dealkylation sites (N-methyl/N-ethyl adjacent to an activating group) is 1. The Labute approximate surface area is 152 Å². The number of hydrogen-bond donors (Lipinski definition) is 1. The van der Waals surface area contributed by atoms with Gasteiger partial charge in [0, 0.05) is 30.7 Å². The summed E-state index contributed by atoms with van der Waals surface area (Å²) in [7, 11) is 3.46. The Balaban J connectivity index is 1.77. The lowest BCUT2D eigenvalue weighted by molar-refractivity contribution is -0.127. The average Bonchev–Trinajstić information content (AvgIpc) is 2.95. The van der Waals surface area contributed by atoms with Gasteiger partial charge >= 0.3 is 0 Å². The number of amides is 2. The van der Waals surface area contributed by atoms with Gasteiger partial charge in [0.1, 0.15) is 5.58 Å². The van der Waals surface area contributed by atoms with Crippen LogP contribution in [-0.2, 0) is 11.2 Å². The first-order valence-corrected chi connectivity index (χ1v) is 8.46. The zero-order valence-corrected chi connectivity index (χ0v) is 15.4. The molecule has 1 N–H and O–H groups in total. The number of furan rings is 1. The Morgan fingerprint density at radius 1 is 1.04 bits per heavy atom. The zero-order valence-electron chi connectivity index (χ0n) is 15.4. The van der Waals surface area contributed by atoms with E-state index in [9.17, 15) is 9.59 Å². The number of aryl methyl sites for hydroxylation is 2. The lowest BCUT2D eigenvalue weighted by Crippen LogP contribution is -2.23. The van der Waals surface area contributed by atoms with Crippen LogP contribution in [-0.4, -0.2) is 30.8 Å². The fourth-order valence-corrected chi connectivity index (χ4v) is 2.83. The smallest absolute Gasteiger partial charge is 0.291 e. The molecule has 0 aliphatic heterocycles. The van der Waals surface area contributed by atoms with Gasteiger partial charge in [-0.2, -0.15) is 0 Å². The molecule has 0 aliphatic carbocycles. The van der Waals surface area contributed by atoms with Crippen LogP contribution in [0.5, 0.6) is 0 Å². The standard InChI is InChI=1S/C21H22N2O3/c1-13-6-5-7-17-14(2)20(26-19(13)17)21(25)22-16-10-8-15(9-11-16)12-18(24)23(3)4/h5-11H,12H2,1-4H3,(H,22,25). The van der Waals surface area contributed by atoms with Crippen LogP contribution in [0.25, 0.3) is 11.0 Å². The maximum atomic E-state index is 12.6. The molecule has 0 atom stereocenters. The molecule has 134 valence electrons. The van der Waals surface area contributed by atoms with Crippen molar-refractivity contribution in [2.24, 2.45) is 0 Å². The summed E-state index contributed by atoms with van der Waals surface area (Å²) in [5.74, 6) is 0.0754. The van der Waals surface area contributed by atoms with Crippen LogP contribution < -0.4 is 5.32 Å². The van der Waals surface area contributed by atoms with Gasteiger partial charge in [-0.3, -0.25) is 9.59 Å². The van der Waals surface area contributed by atoms with E-state index in [4.69, 9.17) is 4.42 Å². The predicted octanol–water partition coefficient (Wildman–Crippen LogP) is 3.93. The van der Waals surface area contributed by atoms with Crippen LogP contribution in [0.3, 0.4) is 0 Å². The number of fused-ring (bicyclic) bond motifs is 1. The van der Waals surface area contributed by atoms with E-state index >= 15 is 0 Å². The second kappa shape index (κ2) is 7.04. The van der Waals surface area contributed by atoms with Crippen LogP contribution in [0, 0.1) is 13.8 Å². The van der Waals surface area contributed by atoms with Gasteiger partial charge in [-0.25, -0.2) is 0 Å². The lowest BCUT2D eigenvalue weighted by Gasteiger charge is -2.10. The molecule has 2 aromatic carbocycles. The summed E-state index contributed by atoms with van der Waals surface area (Å²) in [6.45, 7) is 3.84. The highest BCUT2D eigenvalue weighted by molar-refractivity contribution is 6.06. The van der Waals surface area contributed by atoms with Crippen molar-refractivity contribution in [3.05, 3.63) is 64.9 Å². The molecule has 3 aromatic rings. The second-order valence-corrected chi connectivity index (χ2v) is 6.62. The molecule has 1 heterocycles. The van der Waals surface area contributed by atoms with Crippen molar-refractivity contribution in [3.8, 4) is 0 Å². The Kier molecular flexibility index (Phi) is 4.80. The van der Waals surface area contributed by atoms with Gasteiger partial charge in [0.15, 0.2) is 5.76 Å². The third-order valence-corrected chi connectivity index (χ3v) is 4.43. The number of nitrogens with one attached hydrogen (secondary N) is 1. The molecule has 5 nitrogen and oxygen atoms in total. The molecule has 0 fully saturated rings. The summed E-state index contributed by atoms with van der Waals surface area (Å²) >= 11 is 0. The molecule has 1 aromatic heterocycles. The van der Waals surface area contributed by atoms with Gasteiger partial charge in [-0.1, -0.05) is 30.3 Å². The van der Waals surface area contributed by atoms with E-state index in [1.165, 1.54) is 0 Å². The van der Waals surface area contributed by atoms with Crippen LogP contribution in [0.2, 0.25) is 0 Å². The van der Waals surface area contributed by atoms with Crippen molar-refractivity contribution in [1.29, 1.82) is 0 Å². The monoisotopic (exact) mass is 350 g/mol. The van der Waals surface area contributed by atoms with E-state index in [-0.39, 0.29) is 11.8 Å². The molecule has 0 saturated carbocycles. The van der Waals surface area contributed by atoms with Gasteiger partial charge in [-0.15, -0.1) is 0 Å². The van der Waals surface area contributed by atoms with Crippen molar-refractivity contribution in [2.45, 2.75) is 20.3 Å². The fraction of sp³-hybridized carbons (Fsp3) is 0.238. The number of carbonyl (C=O) groups excluding carboxylic acids is 2. The van der Waals surface area contributed by atoms with Gasteiger partial charge in [0.2, 0.25) is 5.91 Å². The highest BCUT2D eigenvalue weighted by Gasteiger charge is 2.18. The van der Waals surface area contributed by atoms with Crippen LogP contribution in [0.1, 0.15) is 27.2 Å². The molecule has 0 spiro atoms. The first-order valence-electron chi connectivity index (χ1n) is 8.46. The molecular weight excluding hydrogens is 328 g/mol. The number of anilines is 1. The minimum atomic E-state index is -0.282. The Hall–Kier alpha value is -3.08. The average molecular weight is 350 g/mol. The van der Waals surface area contributed by atoms with Gasteiger partial charge in [0.25, 0.3) is 5.91 Å². The Morgan fingerprint density at radius 3 is 2.35 bits per heavy atom. The zero-order chi connectivity index (χ0) is 18.8. The number of rotatable bonds is 4. The highest BCUT2D eigenvalue weighted by atomic mass is 16.3. The topological polar surface area (TPSA) is 62.6 Å². The maximum absolute atomic E-state index is 12.6. The summed E-state index contributed by atoms with van der Waals surface area (Å²) in [4.78, 5) is 25.9. The van der Waals surface area contributed by atoms with E-state index in [0.717, 1.165) is 27.7 Å². The number of carbonyl (C=O) groups is 2. The number of nitrogens with zero attached hydrogens (tertiary/aromatic N) is 1. The van der Waals surface area contributed by atoms with Crippen LogP contribution in [0.4, 0.5) is 5.69 Å². The predicted molar refractivity (Wildman–Crippen MR) is 102 cm³/mol. The minimum Gasteiger partial charge on any atom is -0.450 e. The second-order valence-electron chi connectivity index (χ2n) is 6.62. The normalized spacial score (nSPS) is 10.8. The van der Waals surface area contributed by atoms with E-state index in [2.05, 4.69) is 5.32 Å². The quantitative estimate of drug-likeness (QED) is 0.775. The molecule has 26 heavy (non-hydrogen) atoms. The first-order chi connectivity index (χ1) is 12.4. The molecule has 5 heteroatoms. The van der Waals surface area contributed by atoms with E-state index < -0.39 is 0 Å². The molecular formula is C21H22N2O3. The maximum Gasteiger partial charge on any atom is 0.291 e. The van der Waals surface area contributed by atoms with Gasteiger partial charge in [-0.05, 0) is 37.1 Å². The molecule has 0 bridgehead atoms. The minimum absolute atomic E-state index is 0.0371. The lowest BCUT2D eigenvalue weighted by atomic mass is 10.1. The van der Waals surface area contributed by atoms with Gasteiger partial charge < -0.3 is 14.6 Å². The summed E-state index contributed by atoms with van der Waals surface area (Å²) < 4.78 is 5.80. The first kappa shape index (κ1) is 17.7. The summed E-state index contributed by atoms with van der Waals surface area (Å²) in [5.41, 5.74) is 4.13. The highest BCUT2D eigenvalue weighted by Crippen LogP contribution is 2.28. The molecule has 2 amide bonds. The summed E-state index contributed by atoms with van der Waals surface area (Å²) in [5, 5.41) is 3.81. The van der Waals surface area contributed by atoms with Crippen LogP contribution in [0.15, 0.2) is 46.9 Å². The van der Waals surface area contributed by atoms with Crippen molar-refractivity contribution in [2.75, 3.05) is 19.4 Å². The molecule has 0 saturated heterocycles. The largest absolute Gasteiger partial charge is 0.450 e. The Bertz CT molecular complexity index is 969. The van der Waals surface area contributed by atoms with E-state index in [1.807, 2.05) is 44.2 Å². The number of hydrogen-bond acceptors (Lipinski definition) is 3.